The number of hydrogen-bond donors (Lipinski definition) is 2. The van der Waals surface area contributed by atoms with Crippen LogP contribution in [0.5, 0.6) is 0 Å². The first kappa shape index (κ1) is 18.2. The Bertz CT molecular complexity index is 943. The molecule has 2 N–H and O–H groups in total. The van der Waals surface area contributed by atoms with Crippen molar-refractivity contribution < 1.29 is 18.1 Å². The highest BCUT2D eigenvalue weighted by atomic mass is 19.4. The molecule has 0 amide bonds. The van der Waals surface area contributed by atoms with Gasteiger partial charge >= 0.3 is 6.18 Å². The third kappa shape index (κ3) is 4.55. The first-order valence-electron chi connectivity index (χ1n) is 7.88. The average molecular weight is 373 g/mol. The van der Waals surface area contributed by atoms with Crippen LogP contribution in [0.25, 0.3) is 0 Å². The number of anilines is 4. The van der Waals surface area contributed by atoms with Gasteiger partial charge in [0.25, 0.3) is 5.69 Å². The highest BCUT2D eigenvalue weighted by Crippen LogP contribution is 2.36. The topological polar surface area (TPSA) is 67.2 Å². The Labute approximate surface area is 152 Å². The van der Waals surface area contributed by atoms with Gasteiger partial charge in [-0.2, -0.15) is 13.2 Å². The lowest BCUT2D eigenvalue weighted by Crippen LogP contribution is -2.06. The molecular weight excluding hydrogens is 359 g/mol. The summed E-state index contributed by atoms with van der Waals surface area (Å²) in [7, 11) is 0. The van der Waals surface area contributed by atoms with Gasteiger partial charge in [-0.1, -0.05) is 18.2 Å². The molecular formula is C19H14F3N3O2. The molecule has 3 aromatic carbocycles. The quantitative estimate of drug-likeness (QED) is 0.419. The van der Waals surface area contributed by atoms with E-state index >= 15 is 0 Å². The first-order valence-corrected chi connectivity index (χ1v) is 7.88. The predicted octanol–water partition coefficient (Wildman–Crippen LogP) is 6.10. The van der Waals surface area contributed by atoms with Crippen molar-refractivity contribution in [1.29, 1.82) is 0 Å². The molecule has 0 saturated heterocycles. The van der Waals surface area contributed by atoms with E-state index in [1.807, 2.05) is 30.3 Å². The van der Waals surface area contributed by atoms with Crippen molar-refractivity contribution >= 4 is 28.4 Å². The minimum absolute atomic E-state index is 0.0169. The van der Waals surface area contributed by atoms with Crippen LogP contribution in [0.2, 0.25) is 0 Å². The summed E-state index contributed by atoms with van der Waals surface area (Å²) >= 11 is 0. The molecule has 0 aliphatic carbocycles. The predicted molar refractivity (Wildman–Crippen MR) is 97.5 cm³/mol. The van der Waals surface area contributed by atoms with Crippen LogP contribution in [-0.4, -0.2) is 4.92 Å². The lowest BCUT2D eigenvalue weighted by molar-refractivity contribution is -0.384. The Morgan fingerprint density at radius 3 is 1.89 bits per heavy atom. The van der Waals surface area contributed by atoms with E-state index in [2.05, 4.69) is 10.6 Å². The number of hydrogen-bond acceptors (Lipinski definition) is 4. The number of benzene rings is 3. The summed E-state index contributed by atoms with van der Waals surface area (Å²) in [6.45, 7) is 0. The summed E-state index contributed by atoms with van der Waals surface area (Å²) in [4.78, 5) is 10.3. The Morgan fingerprint density at radius 2 is 1.33 bits per heavy atom. The van der Waals surface area contributed by atoms with Gasteiger partial charge in [-0.05, 0) is 48.5 Å². The molecule has 0 atom stereocenters. The first-order chi connectivity index (χ1) is 12.8. The van der Waals surface area contributed by atoms with Crippen LogP contribution in [0.3, 0.4) is 0 Å². The fraction of sp³-hybridized carbons (Fsp3) is 0.0526. The average Bonchev–Trinajstić information content (AvgIpc) is 2.63. The second kappa shape index (κ2) is 7.36. The van der Waals surface area contributed by atoms with E-state index < -0.39 is 22.4 Å². The molecule has 0 heterocycles. The molecule has 0 bridgehead atoms. The molecule has 0 aromatic heterocycles. The highest BCUT2D eigenvalue weighted by Gasteiger charge is 2.33. The number of rotatable bonds is 5. The number of nitrogens with zero attached hydrogens (tertiary/aromatic N) is 1. The smallest absolute Gasteiger partial charge is 0.356 e. The molecule has 27 heavy (non-hydrogen) atoms. The van der Waals surface area contributed by atoms with E-state index in [-0.39, 0.29) is 5.69 Å². The van der Waals surface area contributed by atoms with Gasteiger partial charge in [0.15, 0.2) is 0 Å². The zero-order chi connectivity index (χ0) is 19.4. The Morgan fingerprint density at radius 1 is 0.778 bits per heavy atom. The van der Waals surface area contributed by atoms with Crippen molar-refractivity contribution in [3.8, 4) is 0 Å². The van der Waals surface area contributed by atoms with Crippen molar-refractivity contribution in [3.05, 3.63) is 88.5 Å². The Balaban J connectivity index is 1.79. The molecule has 8 heteroatoms. The van der Waals surface area contributed by atoms with Crippen molar-refractivity contribution in [2.75, 3.05) is 10.6 Å². The molecule has 0 spiro atoms. The van der Waals surface area contributed by atoms with Crippen LogP contribution in [0.4, 0.5) is 41.6 Å². The Hall–Kier alpha value is -3.55. The summed E-state index contributed by atoms with van der Waals surface area (Å²) in [6.07, 6.45) is -4.64. The molecule has 0 aliphatic rings. The highest BCUT2D eigenvalue weighted by molar-refractivity contribution is 5.72. The number of nitro groups is 1. The molecule has 138 valence electrons. The van der Waals surface area contributed by atoms with Gasteiger partial charge in [0.2, 0.25) is 0 Å². The van der Waals surface area contributed by atoms with Crippen molar-refractivity contribution in [3.63, 3.8) is 0 Å². The maximum Gasteiger partial charge on any atom is 0.416 e. The summed E-state index contributed by atoms with van der Waals surface area (Å²) in [5.41, 5.74) is 0.483. The molecule has 3 rings (SSSR count). The number of alkyl halides is 3. The van der Waals surface area contributed by atoms with Gasteiger partial charge in [-0.15, -0.1) is 0 Å². The minimum Gasteiger partial charge on any atom is -0.356 e. The summed E-state index contributed by atoms with van der Waals surface area (Å²) < 4.78 is 38.3. The number of halogens is 3. The molecule has 3 aromatic rings. The second-order valence-electron chi connectivity index (χ2n) is 5.68. The molecule has 0 aliphatic heterocycles. The normalized spacial score (nSPS) is 11.1. The standard InChI is InChI=1S/C19H14F3N3O2/c20-19(21,22)13-6-11-17(18(12-13)25(26)27)24-16-9-7-15(8-10-16)23-14-4-2-1-3-5-14/h1-12,23-24H. The molecule has 0 radical (unpaired) electrons. The monoisotopic (exact) mass is 373 g/mol. The van der Waals surface area contributed by atoms with Gasteiger partial charge in [0.1, 0.15) is 5.69 Å². The third-order valence-corrected chi connectivity index (χ3v) is 3.75. The fourth-order valence-corrected chi connectivity index (χ4v) is 2.45. The molecule has 0 fully saturated rings. The molecule has 0 saturated carbocycles. The van der Waals surface area contributed by atoms with Crippen molar-refractivity contribution in [2.45, 2.75) is 6.18 Å². The van der Waals surface area contributed by atoms with Crippen LogP contribution in [-0.2, 0) is 6.18 Å². The van der Waals surface area contributed by atoms with Gasteiger partial charge in [-0.25, -0.2) is 0 Å². The van der Waals surface area contributed by atoms with E-state index in [0.29, 0.717) is 11.8 Å². The fourth-order valence-electron chi connectivity index (χ4n) is 2.45. The SMILES string of the molecule is O=[N+]([O-])c1cc(C(F)(F)F)ccc1Nc1ccc(Nc2ccccc2)cc1. The van der Waals surface area contributed by atoms with E-state index in [4.69, 9.17) is 0 Å². The summed E-state index contributed by atoms with van der Waals surface area (Å²) in [5.74, 6) is 0. The second-order valence-corrected chi connectivity index (χ2v) is 5.68. The van der Waals surface area contributed by atoms with Crippen LogP contribution < -0.4 is 10.6 Å². The van der Waals surface area contributed by atoms with Crippen molar-refractivity contribution in [2.24, 2.45) is 0 Å². The third-order valence-electron chi connectivity index (χ3n) is 3.75. The van der Waals surface area contributed by atoms with Gasteiger partial charge in [-0.3, -0.25) is 10.1 Å². The van der Waals surface area contributed by atoms with Crippen LogP contribution in [0.1, 0.15) is 5.56 Å². The van der Waals surface area contributed by atoms with Gasteiger partial charge < -0.3 is 10.6 Å². The lowest BCUT2D eigenvalue weighted by Gasteiger charge is -2.11. The Kier molecular flexibility index (Phi) is 4.98. The van der Waals surface area contributed by atoms with Crippen LogP contribution in [0.15, 0.2) is 72.8 Å². The number of nitrogens with one attached hydrogen (secondary N) is 2. The zero-order valence-electron chi connectivity index (χ0n) is 13.8. The summed E-state index contributed by atoms with van der Waals surface area (Å²) in [6, 6.07) is 18.7. The largest absolute Gasteiger partial charge is 0.416 e. The maximum atomic E-state index is 12.8. The van der Waals surface area contributed by atoms with Crippen LogP contribution in [0, 0.1) is 10.1 Å². The zero-order valence-corrected chi connectivity index (χ0v) is 13.8. The number of para-hydroxylation sites is 1. The van der Waals surface area contributed by atoms with E-state index in [9.17, 15) is 23.3 Å². The number of nitro benzene ring substituents is 1. The van der Waals surface area contributed by atoms with E-state index in [1.54, 1.807) is 24.3 Å². The van der Waals surface area contributed by atoms with E-state index in [1.165, 1.54) is 0 Å². The lowest BCUT2D eigenvalue weighted by atomic mass is 10.1. The maximum absolute atomic E-state index is 12.8. The van der Waals surface area contributed by atoms with Gasteiger partial charge in [0, 0.05) is 23.1 Å². The molecule has 0 unspecified atom stereocenters. The van der Waals surface area contributed by atoms with E-state index in [0.717, 1.165) is 23.5 Å². The van der Waals surface area contributed by atoms with Crippen LogP contribution >= 0.6 is 0 Å². The van der Waals surface area contributed by atoms with Crippen molar-refractivity contribution in [1.82, 2.24) is 0 Å². The summed E-state index contributed by atoms with van der Waals surface area (Å²) in [5, 5.41) is 17.1. The minimum atomic E-state index is -4.64. The van der Waals surface area contributed by atoms with Gasteiger partial charge in [0.05, 0.1) is 10.5 Å². The molecule has 5 nitrogen and oxygen atoms in total.